The molecule has 2 heterocycles. The summed E-state index contributed by atoms with van der Waals surface area (Å²) in [6, 6.07) is 7.95. The number of rotatable bonds is 1. The molecule has 0 aliphatic carbocycles. The van der Waals surface area contributed by atoms with Crippen LogP contribution >= 0.6 is 0 Å². The molecular weight excluding hydrogens is 186 g/mol. The lowest BCUT2D eigenvalue weighted by molar-refractivity contribution is 0.973. The van der Waals surface area contributed by atoms with Gasteiger partial charge in [-0.25, -0.2) is 4.98 Å². The van der Waals surface area contributed by atoms with Crippen molar-refractivity contribution >= 4 is 0 Å². The van der Waals surface area contributed by atoms with Crippen molar-refractivity contribution in [3.05, 3.63) is 47.4 Å². The molecule has 0 N–H and O–H groups in total. The number of aryl methyl sites for hydroxylation is 2. The molecule has 0 aliphatic rings. The van der Waals surface area contributed by atoms with Crippen LogP contribution in [0.4, 0.5) is 0 Å². The molecule has 2 rings (SSSR count). The SMILES string of the molecule is Cc1cc(C)c(C#N)c(-n2cccc2)n1. The zero-order valence-electron chi connectivity index (χ0n) is 8.73. The van der Waals surface area contributed by atoms with Crippen LogP contribution in [0.3, 0.4) is 0 Å². The number of hydrogen-bond donors (Lipinski definition) is 0. The van der Waals surface area contributed by atoms with E-state index in [1.165, 1.54) is 0 Å². The average Bonchev–Trinajstić information content (AvgIpc) is 2.69. The summed E-state index contributed by atoms with van der Waals surface area (Å²) in [5.74, 6) is 0.708. The Labute approximate surface area is 88.6 Å². The summed E-state index contributed by atoms with van der Waals surface area (Å²) in [6.45, 7) is 3.86. The van der Waals surface area contributed by atoms with Gasteiger partial charge in [0.25, 0.3) is 0 Å². The van der Waals surface area contributed by atoms with Crippen LogP contribution in [0, 0.1) is 25.2 Å². The van der Waals surface area contributed by atoms with Crippen molar-refractivity contribution in [3.63, 3.8) is 0 Å². The van der Waals surface area contributed by atoms with E-state index in [0.29, 0.717) is 11.4 Å². The normalized spacial score (nSPS) is 9.93. The van der Waals surface area contributed by atoms with E-state index in [1.807, 2.05) is 49.0 Å². The molecule has 0 bridgehead atoms. The van der Waals surface area contributed by atoms with Gasteiger partial charge in [-0.15, -0.1) is 0 Å². The maximum Gasteiger partial charge on any atom is 0.155 e. The molecule has 0 fully saturated rings. The highest BCUT2D eigenvalue weighted by atomic mass is 15.0. The summed E-state index contributed by atoms with van der Waals surface area (Å²) in [7, 11) is 0. The molecule has 2 aromatic heterocycles. The molecule has 2 aromatic rings. The maximum absolute atomic E-state index is 9.09. The first-order valence-corrected chi connectivity index (χ1v) is 4.74. The van der Waals surface area contributed by atoms with Gasteiger partial charge < -0.3 is 4.57 Å². The lowest BCUT2D eigenvalue weighted by atomic mass is 10.1. The third kappa shape index (κ3) is 1.62. The molecule has 0 saturated carbocycles. The van der Waals surface area contributed by atoms with Gasteiger partial charge >= 0.3 is 0 Å². The number of hydrogen-bond acceptors (Lipinski definition) is 2. The fourth-order valence-electron chi connectivity index (χ4n) is 1.62. The first-order chi connectivity index (χ1) is 7.22. The third-order valence-electron chi connectivity index (χ3n) is 2.29. The van der Waals surface area contributed by atoms with E-state index in [0.717, 1.165) is 11.3 Å². The minimum atomic E-state index is 0.636. The molecule has 15 heavy (non-hydrogen) atoms. The molecular formula is C12H11N3. The zero-order valence-corrected chi connectivity index (χ0v) is 8.73. The second-order valence-corrected chi connectivity index (χ2v) is 3.48. The van der Waals surface area contributed by atoms with Gasteiger partial charge in [0.05, 0.1) is 5.56 Å². The van der Waals surface area contributed by atoms with Crippen molar-refractivity contribution in [2.45, 2.75) is 13.8 Å². The van der Waals surface area contributed by atoms with Crippen molar-refractivity contribution < 1.29 is 0 Å². The van der Waals surface area contributed by atoms with E-state index in [9.17, 15) is 0 Å². The van der Waals surface area contributed by atoms with E-state index >= 15 is 0 Å². The number of nitriles is 1. The van der Waals surface area contributed by atoms with Crippen molar-refractivity contribution in [2.24, 2.45) is 0 Å². The Kier molecular flexibility index (Phi) is 2.26. The maximum atomic E-state index is 9.09. The van der Waals surface area contributed by atoms with E-state index < -0.39 is 0 Å². The Morgan fingerprint density at radius 2 is 1.93 bits per heavy atom. The molecule has 0 saturated heterocycles. The predicted octanol–water partition coefficient (Wildman–Crippen LogP) is 2.36. The third-order valence-corrected chi connectivity index (χ3v) is 2.29. The van der Waals surface area contributed by atoms with Crippen LogP contribution in [0.15, 0.2) is 30.6 Å². The number of nitrogens with zero attached hydrogens (tertiary/aromatic N) is 3. The van der Waals surface area contributed by atoms with Crippen molar-refractivity contribution in [1.82, 2.24) is 9.55 Å². The van der Waals surface area contributed by atoms with E-state index in [-0.39, 0.29) is 0 Å². The van der Waals surface area contributed by atoms with E-state index in [4.69, 9.17) is 5.26 Å². The van der Waals surface area contributed by atoms with Crippen molar-refractivity contribution in [3.8, 4) is 11.9 Å². The molecule has 74 valence electrons. The Morgan fingerprint density at radius 3 is 2.53 bits per heavy atom. The summed E-state index contributed by atoms with van der Waals surface area (Å²) in [4.78, 5) is 4.39. The predicted molar refractivity (Wildman–Crippen MR) is 57.8 cm³/mol. The van der Waals surface area contributed by atoms with Crippen LogP contribution in [-0.4, -0.2) is 9.55 Å². The molecule has 0 unspecified atom stereocenters. The van der Waals surface area contributed by atoms with Crippen LogP contribution in [0.2, 0.25) is 0 Å². The van der Waals surface area contributed by atoms with Crippen LogP contribution < -0.4 is 0 Å². The minimum absolute atomic E-state index is 0.636. The van der Waals surface area contributed by atoms with Gasteiger partial charge in [0.15, 0.2) is 5.82 Å². The summed E-state index contributed by atoms with van der Waals surface area (Å²) >= 11 is 0. The standard InChI is InChI=1S/C12H11N3/c1-9-7-10(2)14-12(11(9)8-13)15-5-3-4-6-15/h3-7H,1-2H3. The molecule has 0 aliphatic heterocycles. The molecule has 0 atom stereocenters. The summed E-state index contributed by atoms with van der Waals surface area (Å²) < 4.78 is 1.86. The second-order valence-electron chi connectivity index (χ2n) is 3.48. The quantitative estimate of drug-likeness (QED) is 0.704. The van der Waals surface area contributed by atoms with E-state index in [2.05, 4.69) is 11.1 Å². The molecule has 0 radical (unpaired) electrons. The topological polar surface area (TPSA) is 41.6 Å². The average molecular weight is 197 g/mol. The van der Waals surface area contributed by atoms with Gasteiger partial charge in [-0.2, -0.15) is 5.26 Å². The highest BCUT2D eigenvalue weighted by molar-refractivity contribution is 5.49. The Bertz CT molecular complexity index is 519. The Balaban J connectivity index is 2.71. The van der Waals surface area contributed by atoms with Gasteiger partial charge in [-0.1, -0.05) is 0 Å². The molecule has 3 heteroatoms. The molecule has 0 amide bonds. The number of pyridine rings is 1. The van der Waals surface area contributed by atoms with Crippen LogP contribution in [0.5, 0.6) is 0 Å². The van der Waals surface area contributed by atoms with Crippen molar-refractivity contribution in [1.29, 1.82) is 5.26 Å². The smallest absolute Gasteiger partial charge is 0.155 e. The highest BCUT2D eigenvalue weighted by Gasteiger charge is 2.08. The van der Waals surface area contributed by atoms with Gasteiger partial charge in [0.2, 0.25) is 0 Å². The molecule has 0 aromatic carbocycles. The van der Waals surface area contributed by atoms with Gasteiger partial charge in [-0.3, -0.25) is 0 Å². The lowest BCUT2D eigenvalue weighted by Crippen LogP contribution is -2.02. The monoisotopic (exact) mass is 197 g/mol. The van der Waals surface area contributed by atoms with Crippen molar-refractivity contribution in [2.75, 3.05) is 0 Å². The summed E-state index contributed by atoms with van der Waals surface area (Å²) in [5.41, 5.74) is 2.53. The van der Waals surface area contributed by atoms with Gasteiger partial charge in [-0.05, 0) is 37.6 Å². The minimum Gasteiger partial charge on any atom is -0.308 e. The summed E-state index contributed by atoms with van der Waals surface area (Å²) in [5, 5.41) is 9.09. The Hall–Kier alpha value is -2.08. The van der Waals surface area contributed by atoms with Crippen LogP contribution in [0.1, 0.15) is 16.8 Å². The van der Waals surface area contributed by atoms with Gasteiger partial charge in [0.1, 0.15) is 6.07 Å². The fraction of sp³-hybridized carbons (Fsp3) is 0.167. The van der Waals surface area contributed by atoms with E-state index in [1.54, 1.807) is 0 Å². The summed E-state index contributed by atoms with van der Waals surface area (Å²) in [6.07, 6.45) is 3.78. The second kappa shape index (κ2) is 3.58. The lowest BCUT2D eigenvalue weighted by Gasteiger charge is -2.08. The first kappa shape index (κ1) is 9.47. The highest BCUT2D eigenvalue weighted by Crippen LogP contribution is 2.16. The largest absolute Gasteiger partial charge is 0.308 e. The van der Waals surface area contributed by atoms with Gasteiger partial charge in [0, 0.05) is 18.1 Å². The first-order valence-electron chi connectivity index (χ1n) is 4.74. The van der Waals surface area contributed by atoms with Crippen LogP contribution in [-0.2, 0) is 0 Å². The van der Waals surface area contributed by atoms with Crippen LogP contribution in [0.25, 0.3) is 5.82 Å². The fourth-order valence-corrected chi connectivity index (χ4v) is 1.62. The number of aromatic nitrogens is 2. The molecule has 0 spiro atoms. The molecule has 3 nitrogen and oxygen atoms in total. The zero-order chi connectivity index (χ0) is 10.8. The Morgan fingerprint density at radius 1 is 1.27 bits per heavy atom.